The maximum absolute atomic E-state index is 11.7. The maximum atomic E-state index is 11.7. The molecule has 1 aliphatic carbocycles. The predicted molar refractivity (Wildman–Crippen MR) is 58.8 cm³/mol. The molecule has 0 saturated carbocycles. The normalized spacial score (nSPS) is 24.8. The minimum Gasteiger partial charge on any atom is -0.875 e. The van der Waals surface area contributed by atoms with E-state index in [-0.39, 0.29) is 0 Å². The molecule has 82 valence electrons. The molecule has 0 bridgehead atoms. The van der Waals surface area contributed by atoms with E-state index < -0.39 is 0 Å². The molecule has 0 aromatic carbocycles. The molecule has 0 aliphatic heterocycles. The standard InChI is InChI=1S/C13H24O/c1-11-7-5-4-6-9-13(2,3)10-8-12(11)14/h14H,4-10H2,1-3H3/p-1. The fourth-order valence-electron chi connectivity index (χ4n) is 2.10. The van der Waals surface area contributed by atoms with Crippen LogP contribution in [0.1, 0.15) is 65.7 Å². The lowest BCUT2D eigenvalue weighted by atomic mass is 9.81. The van der Waals surface area contributed by atoms with Crippen molar-refractivity contribution in [1.29, 1.82) is 0 Å². The fourth-order valence-corrected chi connectivity index (χ4v) is 2.10. The lowest BCUT2D eigenvalue weighted by Gasteiger charge is -2.28. The molecule has 1 nitrogen and oxygen atoms in total. The highest BCUT2D eigenvalue weighted by Gasteiger charge is 2.17. The maximum Gasteiger partial charge on any atom is -0.0329 e. The van der Waals surface area contributed by atoms with Crippen molar-refractivity contribution in [2.75, 3.05) is 0 Å². The molecule has 1 aliphatic rings. The Morgan fingerprint density at radius 3 is 2.43 bits per heavy atom. The quantitative estimate of drug-likeness (QED) is 0.581. The van der Waals surface area contributed by atoms with Crippen LogP contribution in [0, 0.1) is 5.41 Å². The molecule has 0 unspecified atom stereocenters. The number of hydrogen-bond donors (Lipinski definition) is 0. The van der Waals surface area contributed by atoms with Crippen LogP contribution in [0.15, 0.2) is 11.3 Å². The van der Waals surface area contributed by atoms with Gasteiger partial charge in [0.05, 0.1) is 0 Å². The van der Waals surface area contributed by atoms with E-state index in [0.717, 1.165) is 24.8 Å². The van der Waals surface area contributed by atoms with E-state index in [1.54, 1.807) is 0 Å². The summed E-state index contributed by atoms with van der Waals surface area (Å²) in [4.78, 5) is 0. The van der Waals surface area contributed by atoms with Gasteiger partial charge in [-0.2, -0.15) is 0 Å². The molecule has 0 heterocycles. The van der Waals surface area contributed by atoms with Crippen LogP contribution in [0.2, 0.25) is 0 Å². The van der Waals surface area contributed by atoms with Gasteiger partial charge >= 0.3 is 0 Å². The Kier molecular flexibility index (Phi) is 4.03. The van der Waals surface area contributed by atoms with Crippen molar-refractivity contribution < 1.29 is 5.11 Å². The highest BCUT2D eigenvalue weighted by Crippen LogP contribution is 2.32. The van der Waals surface area contributed by atoms with Gasteiger partial charge in [0, 0.05) is 0 Å². The highest BCUT2D eigenvalue weighted by molar-refractivity contribution is 5.03. The lowest BCUT2D eigenvalue weighted by molar-refractivity contribution is -0.309. The summed E-state index contributed by atoms with van der Waals surface area (Å²) in [7, 11) is 0. The Labute approximate surface area is 88.2 Å². The topological polar surface area (TPSA) is 23.1 Å². The molecule has 14 heavy (non-hydrogen) atoms. The molecule has 0 aromatic rings. The Hall–Kier alpha value is -0.460. The van der Waals surface area contributed by atoms with E-state index >= 15 is 0 Å². The third kappa shape index (κ3) is 3.73. The van der Waals surface area contributed by atoms with E-state index in [2.05, 4.69) is 13.8 Å². The minimum absolute atomic E-state index is 0.368. The van der Waals surface area contributed by atoms with E-state index in [4.69, 9.17) is 0 Å². The molecule has 0 saturated heterocycles. The van der Waals surface area contributed by atoms with E-state index in [9.17, 15) is 5.11 Å². The summed E-state index contributed by atoms with van der Waals surface area (Å²) in [6.45, 7) is 6.59. The Morgan fingerprint density at radius 1 is 1.00 bits per heavy atom. The van der Waals surface area contributed by atoms with Crippen molar-refractivity contribution >= 4 is 0 Å². The first-order valence-corrected chi connectivity index (χ1v) is 5.87. The molecule has 0 spiro atoms. The molecule has 1 heteroatoms. The van der Waals surface area contributed by atoms with Crippen LogP contribution in [0.5, 0.6) is 0 Å². The summed E-state index contributed by atoms with van der Waals surface area (Å²) in [5.74, 6) is 0.403. The Bertz CT molecular complexity index is 213. The SMILES string of the molecule is CC1=C([O-])CCC(C)(C)CCCCC1. The average molecular weight is 195 g/mol. The second-order valence-corrected chi connectivity index (χ2v) is 5.43. The number of rotatable bonds is 0. The second-order valence-electron chi connectivity index (χ2n) is 5.43. The molecule has 0 N–H and O–H groups in total. The third-order valence-corrected chi connectivity index (χ3v) is 3.41. The van der Waals surface area contributed by atoms with Gasteiger partial charge in [0.25, 0.3) is 0 Å². The largest absolute Gasteiger partial charge is 0.875 e. The van der Waals surface area contributed by atoms with Gasteiger partial charge in [-0.1, -0.05) is 32.3 Å². The number of hydrogen-bond acceptors (Lipinski definition) is 1. The molecule has 0 aromatic heterocycles. The van der Waals surface area contributed by atoms with Gasteiger partial charge < -0.3 is 5.11 Å². The van der Waals surface area contributed by atoms with Gasteiger partial charge in [-0.15, -0.1) is 5.76 Å². The zero-order valence-corrected chi connectivity index (χ0v) is 9.86. The van der Waals surface area contributed by atoms with Crippen molar-refractivity contribution in [2.45, 2.75) is 65.7 Å². The molecule has 0 atom stereocenters. The summed E-state index contributed by atoms with van der Waals surface area (Å²) in [5.41, 5.74) is 1.47. The van der Waals surface area contributed by atoms with Gasteiger partial charge in [-0.05, 0) is 44.4 Å². The first kappa shape index (κ1) is 11.6. The van der Waals surface area contributed by atoms with E-state index in [1.165, 1.54) is 25.7 Å². The third-order valence-electron chi connectivity index (χ3n) is 3.41. The van der Waals surface area contributed by atoms with Gasteiger partial charge in [0.1, 0.15) is 0 Å². The smallest absolute Gasteiger partial charge is 0.0329 e. The molecular weight excluding hydrogens is 172 g/mol. The van der Waals surface area contributed by atoms with Gasteiger partial charge in [-0.3, -0.25) is 0 Å². The van der Waals surface area contributed by atoms with Crippen molar-refractivity contribution in [1.82, 2.24) is 0 Å². The van der Waals surface area contributed by atoms with Gasteiger partial charge in [-0.25, -0.2) is 0 Å². The summed E-state index contributed by atoms with van der Waals surface area (Å²) >= 11 is 0. The van der Waals surface area contributed by atoms with E-state index in [0.29, 0.717) is 11.2 Å². The zero-order valence-electron chi connectivity index (χ0n) is 9.86. The molecular formula is C13H23O-. The zero-order chi connectivity index (χ0) is 10.6. The summed E-state index contributed by atoms with van der Waals surface area (Å²) < 4.78 is 0. The van der Waals surface area contributed by atoms with Gasteiger partial charge in [0.2, 0.25) is 0 Å². The van der Waals surface area contributed by atoms with Crippen LogP contribution in [-0.2, 0) is 0 Å². The molecule has 0 amide bonds. The monoisotopic (exact) mass is 195 g/mol. The molecule has 0 radical (unpaired) electrons. The van der Waals surface area contributed by atoms with Crippen LogP contribution in [-0.4, -0.2) is 0 Å². The summed E-state index contributed by atoms with van der Waals surface area (Å²) in [6, 6.07) is 0. The van der Waals surface area contributed by atoms with Gasteiger partial charge in [0.15, 0.2) is 0 Å². The summed E-state index contributed by atoms with van der Waals surface area (Å²) in [6.07, 6.45) is 7.94. The van der Waals surface area contributed by atoms with Crippen LogP contribution >= 0.6 is 0 Å². The lowest BCUT2D eigenvalue weighted by Crippen LogP contribution is -2.16. The first-order valence-electron chi connectivity index (χ1n) is 5.87. The predicted octanol–water partition coefficient (Wildman–Crippen LogP) is 3.39. The first-order chi connectivity index (χ1) is 6.51. The number of allylic oxidation sites excluding steroid dienone is 2. The Morgan fingerprint density at radius 2 is 1.71 bits per heavy atom. The van der Waals surface area contributed by atoms with Crippen molar-refractivity contribution in [3.05, 3.63) is 11.3 Å². The average Bonchev–Trinajstić information content (AvgIpc) is 2.12. The second kappa shape index (κ2) is 4.86. The molecule has 0 fully saturated rings. The highest BCUT2D eigenvalue weighted by atomic mass is 16.3. The Balaban J connectivity index is 2.62. The molecule has 1 rings (SSSR count). The van der Waals surface area contributed by atoms with Crippen LogP contribution in [0.25, 0.3) is 0 Å². The summed E-state index contributed by atoms with van der Waals surface area (Å²) in [5, 5.41) is 11.7. The van der Waals surface area contributed by atoms with Crippen molar-refractivity contribution in [2.24, 2.45) is 5.41 Å². The van der Waals surface area contributed by atoms with E-state index in [1.807, 2.05) is 6.92 Å². The van der Waals surface area contributed by atoms with Crippen molar-refractivity contribution in [3.8, 4) is 0 Å². The van der Waals surface area contributed by atoms with Crippen LogP contribution in [0.4, 0.5) is 0 Å². The van der Waals surface area contributed by atoms with Crippen LogP contribution in [0.3, 0.4) is 0 Å². The van der Waals surface area contributed by atoms with Crippen molar-refractivity contribution in [3.63, 3.8) is 0 Å². The minimum atomic E-state index is 0.368. The van der Waals surface area contributed by atoms with Crippen LogP contribution < -0.4 is 5.11 Å². The fraction of sp³-hybridized carbons (Fsp3) is 0.846.